The van der Waals surface area contributed by atoms with Gasteiger partial charge in [-0.2, -0.15) is 4.39 Å². The molecule has 0 saturated carbocycles. The number of nitrogens with zero attached hydrogens (tertiary/aromatic N) is 1. The Hall–Kier alpha value is -2.09. The van der Waals surface area contributed by atoms with Crippen LogP contribution >= 0.6 is 0 Å². The third-order valence-electron chi connectivity index (χ3n) is 3.40. The average Bonchev–Trinajstić information content (AvgIpc) is 2.93. The standard InChI is InChI=1S/C13H15F2N3O3/c14-8-6-10(12(15)11(7-8)18(20)21)13(19)17-5-3-9-2-1-4-16-9/h6-7,9,16H,1-5H2,(H,17,19)/t9-/m1/s1. The molecule has 6 nitrogen and oxygen atoms in total. The van der Waals surface area contributed by atoms with Gasteiger partial charge in [-0.15, -0.1) is 0 Å². The molecule has 0 bridgehead atoms. The Kier molecular flexibility index (Phi) is 4.79. The second kappa shape index (κ2) is 6.57. The van der Waals surface area contributed by atoms with Crippen molar-refractivity contribution in [3.63, 3.8) is 0 Å². The highest BCUT2D eigenvalue weighted by Gasteiger charge is 2.24. The lowest BCUT2D eigenvalue weighted by molar-refractivity contribution is -0.387. The van der Waals surface area contributed by atoms with Crippen LogP contribution < -0.4 is 10.6 Å². The first-order valence-corrected chi connectivity index (χ1v) is 6.64. The number of rotatable bonds is 5. The summed E-state index contributed by atoms with van der Waals surface area (Å²) in [6, 6.07) is 1.41. The van der Waals surface area contributed by atoms with E-state index in [4.69, 9.17) is 0 Å². The number of nitro groups is 1. The summed E-state index contributed by atoms with van der Waals surface area (Å²) in [5.74, 6) is -3.20. The SMILES string of the molecule is O=C(NCC[C@H]1CCCN1)c1cc(F)cc([N+](=O)[O-])c1F. The molecule has 0 radical (unpaired) electrons. The number of amides is 1. The van der Waals surface area contributed by atoms with Crippen LogP contribution in [0.15, 0.2) is 12.1 Å². The summed E-state index contributed by atoms with van der Waals surface area (Å²) in [4.78, 5) is 21.3. The van der Waals surface area contributed by atoms with Crippen molar-refractivity contribution in [1.29, 1.82) is 0 Å². The molecule has 8 heteroatoms. The Morgan fingerprint density at radius 1 is 1.48 bits per heavy atom. The maximum absolute atomic E-state index is 13.8. The molecule has 1 aliphatic rings. The molecule has 0 spiro atoms. The van der Waals surface area contributed by atoms with Gasteiger partial charge in [0.15, 0.2) is 0 Å². The minimum absolute atomic E-state index is 0.292. The summed E-state index contributed by atoms with van der Waals surface area (Å²) in [5.41, 5.74) is -1.70. The lowest BCUT2D eigenvalue weighted by Crippen LogP contribution is -2.31. The summed E-state index contributed by atoms with van der Waals surface area (Å²) in [7, 11) is 0. The van der Waals surface area contributed by atoms with E-state index in [-0.39, 0.29) is 0 Å². The fraction of sp³-hybridized carbons (Fsp3) is 0.462. The minimum atomic E-state index is -1.32. The van der Waals surface area contributed by atoms with E-state index in [2.05, 4.69) is 10.6 Å². The van der Waals surface area contributed by atoms with Crippen molar-refractivity contribution in [3.8, 4) is 0 Å². The highest BCUT2D eigenvalue weighted by molar-refractivity contribution is 5.95. The number of carbonyl (C=O) groups is 1. The summed E-state index contributed by atoms with van der Waals surface area (Å²) in [6.07, 6.45) is 2.75. The van der Waals surface area contributed by atoms with Crippen LogP contribution in [0.4, 0.5) is 14.5 Å². The Bertz CT molecular complexity index is 560. The van der Waals surface area contributed by atoms with Crippen LogP contribution in [0.3, 0.4) is 0 Å². The van der Waals surface area contributed by atoms with Crippen LogP contribution in [0, 0.1) is 21.7 Å². The van der Waals surface area contributed by atoms with Crippen molar-refractivity contribution in [1.82, 2.24) is 10.6 Å². The molecule has 1 saturated heterocycles. The van der Waals surface area contributed by atoms with Crippen molar-refractivity contribution < 1.29 is 18.5 Å². The van der Waals surface area contributed by atoms with Gasteiger partial charge >= 0.3 is 5.69 Å². The van der Waals surface area contributed by atoms with Gasteiger partial charge in [0.1, 0.15) is 5.82 Å². The number of hydrogen-bond acceptors (Lipinski definition) is 4. The van der Waals surface area contributed by atoms with Gasteiger partial charge in [0.2, 0.25) is 5.82 Å². The molecule has 2 rings (SSSR count). The summed E-state index contributed by atoms with van der Waals surface area (Å²) >= 11 is 0. The molecule has 1 aliphatic heterocycles. The zero-order chi connectivity index (χ0) is 15.4. The van der Waals surface area contributed by atoms with E-state index < -0.39 is 33.7 Å². The molecule has 0 aromatic heterocycles. The van der Waals surface area contributed by atoms with Gasteiger partial charge < -0.3 is 10.6 Å². The fourth-order valence-electron chi connectivity index (χ4n) is 2.33. The van der Waals surface area contributed by atoms with E-state index in [0.29, 0.717) is 31.1 Å². The third-order valence-corrected chi connectivity index (χ3v) is 3.40. The molecule has 1 aromatic rings. The minimum Gasteiger partial charge on any atom is -0.352 e. The smallest absolute Gasteiger partial charge is 0.308 e. The van der Waals surface area contributed by atoms with E-state index in [1.165, 1.54) is 0 Å². The van der Waals surface area contributed by atoms with Crippen molar-refractivity contribution in [2.24, 2.45) is 0 Å². The molecule has 1 aromatic carbocycles. The fourth-order valence-corrected chi connectivity index (χ4v) is 2.33. The number of nitrogens with one attached hydrogen (secondary N) is 2. The molecular weight excluding hydrogens is 284 g/mol. The van der Waals surface area contributed by atoms with Crippen LogP contribution in [-0.2, 0) is 0 Å². The third kappa shape index (κ3) is 3.72. The van der Waals surface area contributed by atoms with Crippen LogP contribution in [0.5, 0.6) is 0 Å². The molecule has 21 heavy (non-hydrogen) atoms. The lowest BCUT2D eigenvalue weighted by atomic mass is 10.1. The largest absolute Gasteiger partial charge is 0.352 e. The molecular formula is C13H15F2N3O3. The highest BCUT2D eigenvalue weighted by Crippen LogP contribution is 2.22. The predicted octanol–water partition coefficient (Wildman–Crippen LogP) is 1.74. The zero-order valence-electron chi connectivity index (χ0n) is 11.2. The molecule has 1 fully saturated rings. The van der Waals surface area contributed by atoms with Gasteiger partial charge in [-0.25, -0.2) is 4.39 Å². The van der Waals surface area contributed by atoms with Gasteiger partial charge in [-0.1, -0.05) is 0 Å². The van der Waals surface area contributed by atoms with Gasteiger partial charge in [-0.05, 0) is 31.9 Å². The Labute approximate surface area is 119 Å². The van der Waals surface area contributed by atoms with E-state index >= 15 is 0 Å². The van der Waals surface area contributed by atoms with E-state index in [1.807, 2.05) is 0 Å². The number of benzene rings is 1. The second-order valence-electron chi connectivity index (χ2n) is 4.88. The van der Waals surface area contributed by atoms with E-state index in [0.717, 1.165) is 19.4 Å². The predicted molar refractivity (Wildman–Crippen MR) is 71.0 cm³/mol. The summed E-state index contributed by atoms with van der Waals surface area (Å²) < 4.78 is 27.0. The Balaban J connectivity index is 2.02. The normalized spacial score (nSPS) is 17.7. The maximum Gasteiger partial charge on any atom is 0.308 e. The molecule has 0 aliphatic carbocycles. The van der Waals surface area contributed by atoms with E-state index in [1.54, 1.807) is 0 Å². The van der Waals surface area contributed by atoms with Crippen LogP contribution in [0.1, 0.15) is 29.6 Å². The molecule has 2 N–H and O–H groups in total. The van der Waals surface area contributed by atoms with Crippen molar-refractivity contribution >= 4 is 11.6 Å². The van der Waals surface area contributed by atoms with Crippen LogP contribution in [-0.4, -0.2) is 30.0 Å². The van der Waals surface area contributed by atoms with Crippen molar-refractivity contribution in [2.75, 3.05) is 13.1 Å². The van der Waals surface area contributed by atoms with Gasteiger partial charge in [0, 0.05) is 12.6 Å². The monoisotopic (exact) mass is 299 g/mol. The second-order valence-corrected chi connectivity index (χ2v) is 4.88. The maximum atomic E-state index is 13.8. The first-order valence-electron chi connectivity index (χ1n) is 6.64. The van der Waals surface area contributed by atoms with Gasteiger partial charge in [0.25, 0.3) is 5.91 Å². The number of carbonyl (C=O) groups excluding carboxylic acids is 1. The summed E-state index contributed by atoms with van der Waals surface area (Å²) in [5, 5.41) is 16.3. The van der Waals surface area contributed by atoms with E-state index in [9.17, 15) is 23.7 Å². The van der Waals surface area contributed by atoms with Gasteiger partial charge in [-0.3, -0.25) is 14.9 Å². The Morgan fingerprint density at radius 3 is 2.86 bits per heavy atom. The van der Waals surface area contributed by atoms with Crippen molar-refractivity contribution in [3.05, 3.63) is 39.4 Å². The molecule has 1 atom stereocenters. The molecule has 114 valence electrons. The van der Waals surface area contributed by atoms with Crippen LogP contribution in [0.25, 0.3) is 0 Å². The van der Waals surface area contributed by atoms with Crippen molar-refractivity contribution in [2.45, 2.75) is 25.3 Å². The zero-order valence-corrected chi connectivity index (χ0v) is 11.2. The first kappa shape index (κ1) is 15.3. The topological polar surface area (TPSA) is 84.3 Å². The number of halogens is 2. The summed E-state index contributed by atoms with van der Waals surface area (Å²) in [6.45, 7) is 1.23. The first-order chi connectivity index (χ1) is 9.99. The number of hydrogen-bond donors (Lipinski definition) is 2. The number of nitro benzene ring substituents is 1. The quantitative estimate of drug-likeness (QED) is 0.641. The lowest BCUT2D eigenvalue weighted by Gasteiger charge is -2.11. The Morgan fingerprint density at radius 2 is 2.24 bits per heavy atom. The highest BCUT2D eigenvalue weighted by atomic mass is 19.1. The molecule has 1 heterocycles. The van der Waals surface area contributed by atoms with Crippen LogP contribution in [0.2, 0.25) is 0 Å². The molecule has 1 amide bonds. The molecule has 0 unspecified atom stereocenters. The average molecular weight is 299 g/mol. The van der Waals surface area contributed by atoms with Gasteiger partial charge in [0.05, 0.1) is 16.6 Å².